The Bertz CT molecular complexity index is 1070. The van der Waals surface area contributed by atoms with Crippen molar-refractivity contribution in [1.82, 2.24) is 9.88 Å². The van der Waals surface area contributed by atoms with Crippen molar-refractivity contribution in [2.45, 2.75) is 32.2 Å². The number of hydrogen-bond donors (Lipinski definition) is 1. The lowest BCUT2D eigenvalue weighted by molar-refractivity contribution is -0.128. The zero-order valence-electron chi connectivity index (χ0n) is 16.5. The summed E-state index contributed by atoms with van der Waals surface area (Å²) in [5, 5.41) is 0.471. The highest BCUT2D eigenvalue weighted by molar-refractivity contribution is 6.31. The number of nitrogens with zero attached hydrogens (tertiary/aromatic N) is 3. The van der Waals surface area contributed by atoms with Crippen LogP contribution in [0.5, 0.6) is 0 Å². The van der Waals surface area contributed by atoms with Crippen LogP contribution in [0, 0.1) is 11.8 Å². The maximum absolute atomic E-state index is 12.6. The number of benzene rings is 1. The number of carbonyl (C=O) groups is 2. The molecule has 2 aromatic rings. The van der Waals surface area contributed by atoms with E-state index in [9.17, 15) is 9.59 Å². The van der Waals surface area contributed by atoms with Crippen LogP contribution in [-0.4, -0.2) is 34.6 Å². The SMILES string of the molecule is CC#Cc1ccc(C(=O)Cc2ccc(Cl)c([C@]3(C)CC(=O)N(C)C(N)=N3)c2)nc1. The van der Waals surface area contributed by atoms with E-state index in [-0.39, 0.29) is 30.5 Å². The summed E-state index contributed by atoms with van der Waals surface area (Å²) in [6, 6.07) is 8.75. The van der Waals surface area contributed by atoms with Gasteiger partial charge in [0.2, 0.25) is 5.91 Å². The Kier molecular flexibility index (Phi) is 5.71. The van der Waals surface area contributed by atoms with Crippen molar-refractivity contribution < 1.29 is 9.59 Å². The van der Waals surface area contributed by atoms with E-state index in [2.05, 4.69) is 21.8 Å². The van der Waals surface area contributed by atoms with E-state index in [1.54, 1.807) is 44.4 Å². The van der Waals surface area contributed by atoms with Gasteiger partial charge in [-0.1, -0.05) is 29.7 Å². The van der Waals surface area contributed by atoms with Gasteiger partial charge >= 0.3 is 0 Å². The molecule has 0 radical (unpaired) electrons. The molecule has 148 valence electrons. The van der Waals surface area contributed by atoms with Gasteiger partial charge in [0.25, 0.3) is 0 Å². The van der Waals surface area contributed by atoms with Crippen molar-refractivity contribution in [1.29, 1.82) is 0 Å². The number of Topliss-reactive ketones (excluding diaryl/α,β-unsaturated/α-hetero) is 1. The summed E-state index contributed by atoms with van der Waals surface area (Å²) >= 11 is 6.41. The molecule has 0 unspecified atom stereocenters. The van der Waals surface area contributed by atoms with Crippen molar-refractivity contribution in [3.8, 4) is 11.8 Å². The highest BCUT2D eigenvalue weighted by Crippen LogP contribution is 2.37. The molecule has 1 amide bonds. The highest BCUT2D eigenvalue weighted by atomic mass is 35.5. The smallest absolute Gasteiger partial charge is 0.231 e. The molecule has 0 fully saturated rings. The molecule has 0 aliphatic carbocycles. The summed E-state index contributed by atoms with van der Waals surface area (Å²) in [7, 11) is 1.59. The van der Waals surface area contributed by atoms with Gasteiger partial charge in [-0.05, 0) is 43.2 Å². The number of nitrogens with two attached hydrogens (primary N) is 1. The Hall–Kier alpha value is -3.17. The monoisotopic (exact) mass is 408 g/mol. The van der Waals surface area contributed by atoms with Gasteiger partial charge in [0, 0.05) is 30.3 Å². The Morgan fingerprint density at radius 2 is 2.10 bits per heavy atom. The summed E-state index contributed by atoms with van der Waals surface area (Å²) < 4.78 is 0. The molecular formula is C22H21ClN4O2. The second-order valence-corrected chi connectivity index (χ2v) is 7.50. The number of halogens is 1. The number of ketones is 1. The van der Waals surface area contributed by atoms with E-state index in [0.29, 0.717) is 16.3 Å². The Balaban J connectivity index is 1.88. The Morgan fingerprint density at radius 1 is 1.34 bits per heavy atom. The average molecular weight is 409 g/mol. The van der Waals surface area contributed by atoms with Crippen LogP contribution in [0.2, 0.25) is 5.02 Å². The van der Waals surface area contributed by atoms with Crippen molar-refractivity contribution in [3.63, 3.8) is 0 Å². The summed E-state index contributed by atoms with van der Waals surface area (Å²) in [5.41, 5.74) is 7.56. The number of pyridine rings is 1. The van der Waals surface area contributed by atoms with E-state index in [1.165, 1.54) is 4.90 Å². The third-order valence-corrected chi connectivity index (χ3v) is 5.20. The van der Waals surface area contributed by atoms with Gasteiger partial charge in [-0.3, -0.25) is 19.5 Å². The lowest BCUT2D eigenvalue weighted by Gasteiger charge is -2.34. The second kappa shape index (κ2) is 8.06. The minimum absolute atomic E-state index is 0.123. The molecule has 0 spiro atoms. The fourth-order valence-corrected chi connectivity index (χ4v) is 3.53. The van der Waals surface area contributed by atoms with Crippen LogP contribution in [0.1, 0.15) is 47.4 Å². The third-order valence-electron chi connectivity index (χ3n) is 4.87. The van der Waals surface area contributed by atoms with E-state index >= 15 is 0 Å². The molecule has 3 rings (SSSR count). The molecule has 7 heteroatoms. The molecule has 0 saturated carbocycles. The number of hydrogen-bond acceptors (Lipinski definition) is 5. The van der Waals surface area contributed by atoms with Gasteiger partial charge in [0.1, 0.15) is 5.69 Å². The molecule has 1 aromatic carbocycles. The zero-order chi connectivity index (χ0) is 21.2. The summed E-state index contributed by atoms with van der Waals surface area (Å²) in [4.78, 5) is 34.9. The predicted octanol–water partition coefficient (Wildman–Crippen LogP) is 2.92. The molecule has 6 nitrogen and oxygen atoms in total. The minimum Gasteiger partial charge on any atom is -0.369 e. The van der Waals surface area contributed by atoms with Crippen LogP contribution in [0.25, 0.3) is 0 Å². The van der Waals surface area contributed by atoms with Gasteiger partial charge in [-0.25, -0.2) is 4.99 Å². The molecule has 2 heterocycles. The van der Waals surface area contributed by atoms with Crippen LogP contribution in [0.3, 0.4) is 0 Å². The topological polar surface area (TPSA) is 88.7 Å². The van der Waals surface area contributed by atoms with Crippen molar-refractivity contribution in [2.75, 3.05) is 7.05 Å². The fraction of sp³-hybridized carbons (Fsp3) is 0.273. The van der Waals surface area contributed by atoms with Gasteiger partial charge in [-0.2, -0.15) is 0 Å². The van der Waals surface area contributed by atoms with E-state index < -0.39 is 5.54 Å². The first-order chi connectivity index (χ1) is 13.7. The van der Waals surface area contributed by atoms with Gasteiger partial charge in [0.15, 0.2) is 11.7 Å². The normalized spacial score (nSPS) is 18.7. The lowest BCUT2D eigenvalue weighted by Crippen LogP contribution is -2.47. The maximum atomic E-state index is 12.6. The van der Waals surface area contributed by atoms with E-state index in [4.69, 9.17) is 17.3 Å². The van der Waals surface area contributed by atoms with Gasteiger partial charge in [-0.15, -0.1) is 5.92 Å². The molecule has 1 aliphatic heterocycles. The summed E-state index contributed by atoms with van der Waals surface area (Å²) in [6.07, 6.45) is 1.88. The first-order valence-electron chi connectivity index (χ1n) is 9.06. The predicted molar refractivity (Wildman–Crippen MR) is 113 cm³/mol. The first kappa shape index (κ1) is 20.6. The Morgan fingerprint density at radius 3 is 2.72 bits per heavy atom. The standard InChI is InChI=1S/C22H21ClN4O2/c1-4-5-14-7-9-18(25-13-14)19(28)11-15-6-8-17(23)16(10-15)22(2)12-20(29)27(3)21(24)26-22/h6-10,13H,11-12H2,1-3H3,(H2,24,26)/t22-/m0/s1. The molecule has 2 N–H and O–H groups in total. The van der Waals surface area contributed by atoms with Crippen molar-refractivity contribution in [2.24, 2.45) is 10.7 Å². The summed E-state index contributed by atoms with van der Waals surface area (Å²) in [5.74, 6) is 5.56. The molecule has 0 saturated heterocycles. The van der Waals surface area contributed by atoms with Gasteiger partial charge in [0.05, 0.1) is 12.0 Å². The minimum atomic E-state index is -0.886. The van der Waals surface area contributed by atoms with Crippen LogP contribution in [0.4, 0.5) is 0 Å². The summed E-state index contributed by atoms with van der Waals surface area (Å²) in [6.45, 7) is 3.56. The molecule has 29 heavy (non-hydrogen) atoms. The maximum Gasteiger partial charge on any atom is 0.231 e. The first-order valence-corrected chi connectivity index (χ1v) is 9.44. The molecule has 1 aliphatic rings. The number of aliphatic imine (C=N–C) groups is 1. The van der Waals surface area contributed by atoms with Gasteiger partial charge < -0.3 is 5.73 Å². The van der Waals surface area contributed by atoms with Crippen molar-refractivity contribution >= 4 is 29.3 Å². The number of guanidine groups is 1. The number of amides is 1. The van der Waals surface area contributed by atoms with Crippen LogP contribution < -0.4 is 5.73 Å². The average Bonchev–Trinajstić information content (AvgIpc) is 2.68. The fourth-order valence-electron chi connectivity index (χ4n) is 3.21. The molecule has 1 atom stereocenters. The number of carbonyl (C=O) groups excluding carboxylic acids is 2. The van der Waals surface area contributed by atoms with Crippen LogP contribution in [0.15, 0.2) is 41.5 Å². The van der Waals surface area contributed by atoms with E-state index in [1.807, 2.05) is 13.0 Å². The third kappa shape index (κ3) is 4.30. The largest absolute Gasteiger partial charge is 0.369 e. The number of rotatable bonds is 4. The van der Waals surface area contributed by atoms with Crippen LogP contribution in [-0.2, 0) is 16.8 Å². The zero-order valence-corrected chi connectivity index (χ0v) is 17.2. The quantitative estimate of drug-likeness (QED) is 0.622. The molecule has 0 bridgehead atoms. The van der Waals surface area contributed by atoms with E-state index in [0.717, 1.165) is 11.1 Å². The Labute approximate surface area is 174 Å². The van der Waals surface area contributed by atoms with Crippen molar-refractivity contribution in [3.05, 3.63) is 63.9 Å². The molecule has 1 aromatic heterocycles. The lowest BCUT2D eigenvalue weighted by atomic mass is 9.86. The highest BCUT2D eigenvalue weighted by Gasteiger charge is 2.37. The molecular weight excluding hydrogens is 388 g/mol. The second-order valence-electron chi connectivity index (χ2n) is 7.09. The number of aromatic nitrogens is 1. The van der Waals surface area contributed by atoms with Crippen LogP contribution >= 0.6 is 11.6 Å².